The van der Waals surface area contributed by atoms with Crippen LogP contribution in [-0.4, -0.2) is 20.7 Å². The maximum absolute atomic E-state index is 11.4. The highest BCUT2D eigenvalue weighted by molar-refractivity contribution is 7.99. The van der Waals surface area contributed by atoms with Crippen LogP contribution >= 0.6 is 11.8 Å². The number of primary amides is 1. The van der Waals surface area contributed by atoms with Gasteiger partial charge in [-0.3, -0.25) is 9.89 Å². The predicted octanol–water partition coefficient (Wildman–Crippen LogP) is 2.46. The molecule has 0 aliphatic heterocycles. The average Bonchev–Trinajstić information content (AvgIpc) is 2.98. The Bertz CT molecular complexity index is 803. The molecule has 0 saturated heterocycles. The number of aromatic nitrogens is 3. The molecule has 0 saturated carbocycles. The molecule has 1 aromatic carbocycles. The number of rotatable bonds is 3. The first-order valence-electron chi connectivity index (χ1n) is 6.13. The molecule has 0 aliphatic carbocycles. The minimum absolute atomic E-state index is 0.410. The van der Waals surface area contributed by atoms with Crippen molar-refractivity contribution in [3.63, 3.8) is 0 Å². The molecule has 3 N–H and O–H groups in total. The summed E-state index contributed by atoms with van der Waals surface area (Å²) in [5.74, 6) is -0.410. The molecular weight excluding hydrogens is 272 g/mol. The largest absolute Gasteiger partial charge is 0.364 e. The Hall–Kier alpha value is -2.21. The lowest BCUT2D eigenvalue weighted by Crippen LogP contribution is -2.15. The van der Waals surface area contributed by atoms with Crippen LogP contribution in [0.25, 0.3) is 10.9 Å². The first-order valence-corrected chi connectivity index (χ1v) is 6.95. The van der Waals surface area contributed by atoms with Crippen LogP contribution in [0, 0.1) is 6.92 Å². The summed E-state index contributed by atoms with van der Waals surface area (Å²) in [7, 11) is 1.85. The van der Waals surface area contributed by atoms with Crippen LogP contribution in [0.4, 0.5) is 0 Å². The number of hydrogen-bond acceptors (Lipinski definition) is 3. The van der Waals surface area contributed by atoms with Gasteiger partial charge in [0.25, 0.3) is 5.91 Å². The third-order valence-electron chi connectivity index (χ3n) is 3.38. The number of nitrogens with one attached hydrogen (secondary N) is 1. The summed E-state index contributed by atoms with van der Waals surface area (Å²) in [4.78, 5) is 13.5. The molecule has 0 bridgehead atoms. The quantitative estimate of drug-likeness (QED) is 0.776. The molecule has 0 unspecified atom stereocenters. The van der Waals surface area contributed by atoms with E-state index in [0.717, 1.165) is 26.4 Å². The van der Waals surface area contributed by atoms with Crippen molar-refractivity contribution in [2.75, 3.05) is 0 Å². The lowest BCUT2D eigenvalue weighted by molar-refractivity contribution is 0.0992. The van der Waals surface area contributed by atoms with Crippen molar-refractivity contribution < 1.29 is 4.79 Å². The van der Waals surface area contributed by atoms with Crippen molar-refractivity contribution in [2.24, 2.45) is 12.8 Å². The fourth-order valence-corrected chi connectivity index (χ4v) is 3.15. The zero-order chi connectivity index (χ0) is 14.3. The standard InChI is InChI=1S/C14H14N4OS/c1-8-13(6-12(14(15)19)18(8)2)20-10-3-4-11-9(5-10)7-16-17-11/h3-7H,1-2H3,(H2,15,19)(H,16,17). The Balaban J connectivity index is 1.98. The summed E-state index contributed by atoms with van der Waals surface area (Å²) in [6.45, 7) is 1.98. The van der Waals surface area contributed by atoms with Gasteiger partial charge in [-0.2, -0.15) is 5.10 Å². The lowest BCUT2D eigenvalue weighted by atomic mass is 10.3. The number of amides is 1. The lowest BCUT2D eigenvalue weighted by Gasteiger charge is -2.03. The van der Waals surface area contributed by atoms with E-state index in [2.05, 4.69) is 16.3 Å². The van der Waals surface area contributed by atoms with Gasteiger partial charge in [0.05, 0.1) is 11.7 Å². The highest BCUT2D eigenvalue weighted by Gasteiger charge is 2.14. The minimum atomic E-state index is -0.410. The topological polar surface area (TPSA) is 76.7 Å². The maximum atomic E-state index is 11.4. The van der Waals surface area contributed by atoms with Crippen molar-refractivity contribution in [2.45, 2.75) is 16.7 Å². The zero-order valence-corrected chi connectivity index (χ0v) is 12.0. The molecule has 3 rings (SSSR count). The van der Waals surface area contributed by atoms with Crippen molar-refractivity contribution in [1.29, 1.82) is 0 Å². The minimum Gasteiger partial charge on any atom is -0.364 e. The Kier molecular flexibility index (Phi) is 3.02. The van der Waals surface area contributed by atoms with E-state index >= 15 is 0 Å². The summed E-state index contributed by atoms with van der Waals surface area (Å²) >= 11 is 1.61. The number of benzene rings is 1. The second-order valence-corrected chi connectivity index (χ2v) is 5.74. The summed E-state index contributed by atoms with van der Waals surface area (Å²) in [6.07, 6.45) is 1.80. The first-order chi connectivity index (χ1) is 9.56. The Morgan fingerprint density at radius 2 is 2.20 bits per heavy atom. The van der Waals surface area contributed by atoms with Gasteiger partial charge >= 0.3 is 0 Å². The van der Waals surface area contributed by atoms with Gasteiger partial charge in [0.15, 0.2) is 0 Å². The summed E-state index contributed by atoms with van der Waals surface area (Å²) < 4.78 is 1.82. The fraction of sp³-hybridized carbons (Fsp3) is 0.143. The maximum Gasteiger partial charge on any atom is 0.265 e. The highest BCUT2D eigenvalue weighted by atomic mass is 32.2. The van der Waals surface area contributed by atoms with Gasteiger partial charge in [0.1, 0.15) is 5.69 Å². The second kappa shape index (κ2) is 4.72. The van der Waals surface area contributed by atoms with Crippen LogP contribution in [-0.2, 0) is 7.05 Å². The van der Waals surface area contributed by atoms with Crippen LogP contribution in [0.15, 0.2) is 40.3 Å². The number of carbonyl (C=O) groups is 1. The van der Waals surface area contributed by atoms with Gasteiger partial charge in [-0.15, -0.1) is 0 Å². The fourth-order valence-electron chi connectivity index (χ4n) is 2.12. The smallest absolute Gasteiger partial charge is 0.265 e. The highest BCUT2D eigenvalue weighted by Crippen LogP contribution is 2.33. The molecule has 0 spiro atoms. The molecule has 0 atom stereocenters. The number of nitrogens with zero attached hydrogens (tertiary/aromatic N) is 2. The molecule has 0 radical (unpaired) electrons. The third-order valence-corrected chi connectivity index (χ3v) is 4.50. The Labute approximate surface area is 120 Å². The van der Waals surface area contributed by atoms with Gasteiger partial charge in [-0.05, 0) is 31.2 Å². The number of carbonyl (C=O) groups excluding carboxylic acids is 1. The number of H-pyrrole nitrogens is 1. The predicted molar refractivity (Wildman–Crippen MR) is 78.9 cm³/mol. The normalized spacial score (nSPS) is 11.1. The molecule has 0 fully saturated rings. The molecule has 0 aliphatic rings. The molecule has 1 amide bonds. The van der Waals surface area contributed by atoms with Crippen molar-refractivity contribution in [3.05, 3.63) is 41.9 Å². The van der Waals surface area contributed by atoms with E-state index in [4.69, 9.17) is 5.73 Å². The van der Waals surface area contributed by atoms with E-state index in [1.807, 2.05) is 36.7 Å². The van der Waals surface area contributed by atoms with Gasteiger partial charge in [-0.25, -0.2) is 0 Å². The van der Waals surface area contributed by atoms with E-state index in [1.54, 1.807) is 18.0 Å². The van der Waals surface area contributed by atoms with Crippen LogP contribution < -0.4 is 5.73 Å². The Morgan fingerprint density at radius 3 is 2.90 bits per heavy atom. The van der Waals surface area contributed by atoms with E-state index in [9.17, 15) is 4.79 Å². The molecule has 3 aromatic rings. The summed E-state index contributed by atoms with van der Waals surface area (Å²) in [6, 6.07) is 7.93. The van der Waals surface area contributed by atoms with E-state index in [0.29, 0.717) is 5.69 Å². The van der Waals surface area contributed by atoms with Crippen LogP contribution in [0.5, 0.6) is 0 Å². The molecule has 5 nitrogen and oxygen atoms in total. The average molecular weight is 286 g/mol. The molecule has 102 valence electrons. The third kappa shape index (κ3) is 2.08. The van der Waals surface area contributed by atoms with Crippen LogP contribution in [0.1, 0.15) is 16.2 Å². The van der Waals surface area contributed by atoms with E-state index in [-0.39, 0.29) is 0 Å². The van der Waals surface area contributed by atoms with Crippen molar-refractivity contribution in [1.82, 2.24) is 14.8 Å². The van der Waals surface area contributed by atoms with E-state index < -0.39 is 5.91 Å². The molecule has 2 heterocycles. The second-order valence-electron chi connectivity index (χ2n) is 4.62. The number of hydrogen-bond donors (Lipinski definition) is 2. The molecule has 2 aromatic heterocycles. The van der Waals surface area contributed by atoms with Crippen LogP contribution in [0.3, 0.4) is 0 Å². The SMILES string of the molecule is Cc1c(Sc2ccc3[nH]ncc3c2)cc(C(N)=O)n1C. The van der Waals surface area contributed by atoms with Gasteiger partial charge < -0.3 is 10.3 Å². The number of nitrogens with two attached hydrogens (primary N) is 1. The van der Waals surface area contributed by atoms with Gasteiger partial charge in [0, 0.05) is 27.9 Å². The van der Waals surface area contributed by atoms with Crippen molar-refractivity contribution >= 4 is 28.6 Å². The zero-order valence-electron chi connectivity index (χ0n) is 11.2. The van der Waals surface area contributed by atoms with E-state index in [1.165, 1.54) is 0 Å². The van der Waals surface area contributed by atoms with Gasteiger partial charge in [0.2, 0.25) is 0 Å². The molecule has 6 heteroatoms. The number of fused-ring (bicyclic) bond motifs is 1. The molecular formula is C14H14N4OS. The monoisotopic (exact) mass is 286 g/mol. The van der Waals surface area contributed by atoms with Crippen LogP contribution in [0.2, 0.25) is 0 Å². The number of aromatic amines is 1. The summed E-state index contributed by atoms with van der Waals surface area (Å²) in [5, 5.41) is 8.00. The Morgan fingerprint density at radius 1 is 1.40 bits per heavy atom. The van der Waals surface area contributed by atoms with Gasteiger partial charge in [-0.1, -0.05) is 11.8 Å². The van der Waals surface area contributed by atoms with Crippen molar-refractivity contribution in [3.8, 4) is 0 Å². The first kappa shape index (κ1) is 12.8. The summed E-state index contributed by atoms with van der Waals surface area (Å²) in [5.41, 5.74) is 7.93. The molecule has 20 heavy (non-hydrogen) atoms.